The summed E-state index contributed by atoms with van der Waals surface area (Å²) in [6.45, 7) is 6.74. The largest absolute Gasteiger partial charge is 0.333 e. The lowest BCUT2D eigenvalue weighted by Gasteiger charge is -2.35. The molecule has 0 bridgehead atoms. The van der Waals surface area contributed by atoms with Gasteiger partial charge in [-0.3, -0.25) is 4.79 Å². The maximum atomic E-state index is 14.1. The lowest BCUT2D eigenvalue weighted by atomic mass is 9.84. The molecule has 2 unspecified atom stereocenters. The van der Waals surface area contributed by atoms with Gasteiger partial charge in [-0.1, -0.05) is 6.07 Å². The zero-order valence-electron chi connectivity index (χ0n) is 11.6. The van der Waals surface area contributed by atoms with Gasteiger partial charge in [-0.2, -0.15) is 0 Å². The predicted octanol–water partition coefficient (Wildman–Crippen LogP) is 2.66. The Hall–Kier alpha value is -0.940. The molecule has 0 aliphatic carbocycles. The van der Waals surface area contributed by atoms with Crippen LogP contribution < -0.4 is 5.32 Å². The molecule has 2 saturated heterocycles. The molecule has 0 spiro atoms. The molecule has 0 saturated carbocycles. The molecular formula is C15H18BrFN2O. The number of amides is 1. The van der Waals surface area contributed by atoms with E-state index < -0.39 is 5.82 Å². The Bertz CT molecular complexity index is 561. The van der Waals surface area contributed by atoms with Crippen LogP contribution in [-0.4, -0.2) is 36.0 Å². The van der Waals surface area contributed by atoms with Gasteiger partial charge < -0.3 is 10.2 Å². The summed E-state index contributed by atoms with van der Waals surface area (Å²) in [5, 5.41) is 3.38. The fourth-order valence-corrected chi connectivity index (χ4v) is 3.95. The summed E-state index contributed by atoms with van der Waals surface area (Å²) >= 11 is 3.14. The van der Waals surface area contributed by atoms with Crippen molar-refractivity contribution in [2.24, 2.45) is 11.8 Å². The molecule has 0 aromatic heterocycles. The molecule has 108 valence electrons. The van der Waals surface area contributed by atoms with Crippen molar-refractivity contribution in [3.63, 3.8) is 0 Å². The van der Waals surface area contributed by atoms with E-state index in [1.165, 1.54) is 0 Å². The second-order valence-electron chi connectivity index (χ2n) is 6.20. The monoisotopic (exact) mass is 340 g/mol. The van der Waals surface area contributed by atoms with Crippen molar-refractivity contribution < 1.29 is 9.18 Å². The van der Waals surface area contributed by atoms with Crippen molar-refractivity contribution in [3.05, 3.63) is 34.1 Å². The number of carbonyl (C=O) groups is 1. The summed E-state index contributed by atoms with van der Waals surface area (Å²) in [7, 11) is 0. The van der Waals surface area contributed by atoms with E-state index in [1.54, 1.807) is 18.2 Å². The third-order valence-electron chi connectivity index (χ3n) is 4.79. The number of hydrogen-bond donors (Lipinski definition) is 1. The van der Waals surface area contributed by atoms with E-state index in [1.807, 2.05) is 4.90 Å². The molecule has 1 aromatic carbocycles. The van der Waals surface area contributed by atoms with Crippen LogP contribution in [0.1, 0.15) is 24.2 Å². The van der Waals surface area contributed by atoms with Gasteiger partial charge >= 0.3 is 0 Å². The summed E-state index contributed by atoms with van der Waals surface area (Å²) in [4.78, 5) is 14.6. The van der Waals surface area contributed by atoms with E-state index in [9.17, 15) is 9.18 Å². The molecule has 1 aromatic rings. The molecule has 2 aliphatic rings. The van der Waals surface area contributed by atoms with Crippen molar-refractivity contribution in [2.45, 2.75) is 19.4 Å². The summed E-state index contributed by atoms with van der Waals surface area (Å²) < 4.78 is 14.5. The van der Waals surface area contributed by atoms with Gasteiger partial charge in [0.25, 0.3) is 5.91 Å². The highest BCUT2D eigenvalue weighted by atomic mass is 79.9. The minimum absolute atomic E-state index is 0.153. The van der Waals surface area contributed by atoms with Gasteiger partial charge in [0.15, 0.2) is 0 Å². The Labute approximate surface area is 126 Å². The van der Waals surface area contributed by atoms with E-state index >= 15 is 0 Å². The highest BCUT2D eigenvalue weighted by molar-refractivity contribution is 9.10. The van der Waals surface area contributed by atoms with Crippen LogP contribution in [0.2, 0.25) is 0 Å². The molecule has 1 N–H and O–H groups in total. The summed E-state index contributed by atoms with van der Waals surface area (Å²) in [6, 6.07) is 4.87. The lowest BCUT2D eigenvalue weighted by Crippen LogP contribution is -2.47. The number of rotatable bonds is 1. The van der Waals surface area contributed by atoms with Crippen LogP contribution in [0, 0.1) is 17.7 Å². The first-order chi connectivity index (χ1) is 9.43. The Morgan fingerprint density at radius 3 is 2.90 bits per heavy atom. The van der Waals surface area contributed by atoms with Gasteiger partial charge in [0.2, 0.25) is 0 Å². The SMILES string of the molecule is CC1(C)C2CNCC2CN1C(=O)c1cccc(Br)c1F. The lowest BCUT2D eigenvalue weighted by molar-refractivity contribution is 0.0598. The molecule has 2 fully saturated rings. The van der Waals surface area contributed by atoms with Crippen LogP contribution in [-0.2, 0) is 0 Å². The zero-order chi connectivity index (χ0) is 14.5. The average Bonchev–Trinajstić information content (AvgIpc) is 2.95. The van der Waals surface area contributed by atoms with Crippen LogP contribution in [0.3, 0.4) is 0 Å². The highest BCUT2D eigenvalue weighted by Gasteiger charge is 2.51. The van der Waals surface area contributed by atoms with Crippen molar-refractivity contribution >= 4 is 21.8 Å². The number of benzene rings is 1. The first kappa shape index (κ1) is 14.0. The second-order valence-corrected chi connectivity index (χ2v) is 7.05. The predicted molar refractivity (Wildman–Crippen MR) is 79.1 cm³/mol. The van der Waals surface area contributed by atoms with E-state index in [-0.39, 0.29) is 17.0 Å². The smallest absolute Gasteiger partial charge is 0.257 e. The van der Waals surface area contributed by atoms with Crippen molar-refractivity contribution in [1.29, 1.82) is 0 Å². The number of nitrogens with one attached hydrogen (secondary N) is 1. The molecule has 2 aliphatic heterocycles. The van der Waals surface area contributed by atoms with E-state index in [2.05, 4.69) is 35.1 Å². The van der Waals surface area contributed by atoms with E-state index in [4.69, 9.17) is 0 Å². The number of nitrogens with zero attached hydrogens (tertiary/aromatic N) is 1. The Balaban J connectivity index is 1.93. The van der Waals surface area contributed by atoms with Gasteiger partial charge in [0.1, 0.15) is 5.82 Å². The molecule has 2 atom stereocenters. The fourth-order valence-electron chi connectivity index (χ4n) is 3.58. The van der Waals surface area contributed by atoms with Crippen LogP contribution >= 0.6 is 15.9 Å². The maximum Gasteiger partial charge on any atom is 0.257 e. The molecule has 20 heavy (non-hydrogen) atoms. The normalized spacial score (nSPS) is 27.7. The summed E-state index contributed by atoms with van der Waals surface area (Å²) in [5.41, 5.74) is -0.0830. The van der Waals surface area contributed by atoms with Gasteiger partial charge in [0.05, 0.1) is 10.0 Å². The van der Waals surface area contributed by atoms with E-state index in [0.29, 0.717) is 22.9 Å². The molecule has 1 amide bonds. The number of hydrogen-bond acceptors (Lipinski definition) is 2. The fraction of sp³-hybridized carbons (Fsp3) is 0.533. The minimum Gasteiger partial charge on any atom is -0.333 e. The first-order valence-corrected chi connectivity index (χ1v) is 7.69. The van der Waals surface area contributed by atoms with Gasteiger partial charge in [-0.15, -0.1) is 0 Å². The van der Waals surface area contributed by atoms with Crippen molar-refractivity contribution in [3.8, 4) is 0 Å². The van der Waals surface area contributed by atoms with Crippen molar-refractivity contribution in [2.75, 3.05) is 19.6 Å². The molecule has 3 rings (SSSR count). The zero-order valence-corrected chi connectivity index (χ0v) is 13.2. The molecule has 0 radical (unpaired) electrons. The topological polar surface area (TPSA) is 32.3 Å². The first-order valence-electron chi connectivity index (χ1n) is 6.89. The highest BCUT2D eigenvalue weighted by Crippen LogP contribution is 2.41. The quantitative estimate of drug-likeness (QED) is 0.852. The van der Waals surface area contributed by atoms with Crippen LogP contribution in [0.4, 0.5) is 4.39 Å². The van der Waals surface area contributed by atoms with Crippen molar-refractivity contribution in [1.82, 2.24) is 10.2 Å². The minimum atomic E-state index is -0.469. The number of fused-ring (bicyclic) bond motifs is 1. The second kappa shape index (κ2) is 4.81. The standard InChI is InChI=1S/C15H18BrFN2O/c1-15(2)11-7-18-6-9(11)8-19(15)14(20)10-4-3-5-12(16)13(10)17/h3-5,9,11,18H,6-8H2,1-2H3. The van der Waals surface area contributed by atoms with Gasteiger partial charge in [-0.25, -0.2) is 4.39 Å². The molecule has 2 heterocycles. The van der Waals surface area contributed by atoms with Crippen LogP contribution in [0.5, 0.6) is 0 Å². The summed E-state index contributed by atoms with van der Waals surface area (Å²) in [5.74, 6) is 0.248. The average molecular weight is 341 g/mol. The maximum absolute atomic E-state index is 14.1. The molecule has 3 nitrogen and oxygen atoms in total. The Kier molecular flexibility index (Phi) is 3.37. The number of halogens is 2. The Morgan fingerprint density at radius 2 is 2.20 bits per heavy atom. The van der Waals surface area contributed by atoms with Crippen LogP contribution in [0.15, 0.2) is 22.7 Å². The van der Waals surface area contributed by atoms with E-state index in [0.717, 1.165) is 13.1 Å². The molecule has 5 heteroatoms. The Morgan fingerprint density at radius 1 is 1.45 bits per heavy atom. The van der Waals surface area contributed by atoms with Gasteiger partial charge in [-0.05, 0) is 53.7 Å². The third-order valence-corrected chi connectivity index (χ3v) is 5.40. The van der Waals surface area contributed by atoms with Gasteiger partial charge in [0, 0.05) is 25.2 Å². The number of carbonyl (C=O) groups excluding carboxylic acids is 1. The third kappa shape index (κ3) is 1.99. The van der Waals surface area contributed by atoms with Crippen LogP contribution in [0.25, 0.3) is 0 Å². The number of likely N-dealkylation sites (tertiary alicyclic amines) is 1. The summed E-state index contributed by atoms with van der Waals surface area (Å²) in [6.07, 6.45) is 0. The molecular weight excluding hydrogens is 323 g/mol.